The fourth-order valence-corrected chi connectivity index (χ4v) is 3.69. The van der Waals surface area contributed by atoms with E-state index in [1.165, 1.54) is 19.3 Å². The average Bonchev–Trinajstić information content (AvgIpc) is 2.58. The molecular formula is C22H36O3. The molecule has 0 saturated heterocycles. The molecule has 1 aromatic rings. The summed E-state index contributed by atoms with van der Waals surface area (Å²) in [6.07, 6.45) is 7.05. The van der Waals surface area contributed by atoms with Crippen molar-refractivity contribution in [3.05, 3.63) is 29.8 Å². The third-order valence-corrected chi connectivity index (χ3v) is 4.74. The predicted octanol–water partition coefficient (Wildman–Crippen LogP) is 5.80. The maximum absolute atomic E-state index is 13.0. The van der Waals surface area contributed by atoms with Gasteiger partial charge in [0.15, 0.2) is 0 Å². The van der Waals surface area contributed by atoms with Crippen molar-refractivity contribution in [3.8, 4) is 5.75 Å². The van der Waals surface area contributed by atoms with Crippen LogP contribution in [0.5, 0.6) is 5.75 Å². The minimum atomic E-state index is -0.466. The molecule has 1 unspecified atom stereocenters. The van der Waals surface area contributed by atoms with Gasteiger partial charge in [-0.25, -0.2) is 0 Å². The zero-order chi connectivity index (χ0) is 18.7. The van der Waals surface area contributed by atoms with Gasteiger partial charge in [0.05, 0.1) is 19.1 Å². The highest BCUT2D eigenvalue weighted by molar-refractivity contribution is 5.77. The molecule has 0 fully saturated rings. The van der Waals surface area contributed by atoms with Crippen LogP contribution in [-0.2, 0) is 16.0 Å². The Morgan fingerprint density at radius 1 is 1.12 bits per heavy atom. The summed E-state index contributed by atoms with van der Waals surface area (Å²) in [5.41, 5.74) is 0.626. The fourth-order valence-electron chi connectivity index (χ4n) is 3.69. The first kappa shape index (κ1) is 21.5. The SMILES string of the molecule is CCCCCCC(Cc1ccccc1OC)(CC(C)C)C(=O)OCC. The largest absolute Gasteiger partial charge is 0.496 e. The number of carbonyl (C=O) groups is 1. The van der Waals surface area contributed by atoms with Crippen LogP contribution in [0, 0.1) is 11.3 Å². The Labute approximate surface area is 154 Å². The molecule has 0 N–H and O–H groups in total. The van der Waals surface area contributed by atoms with E-state index in [1.807, 2.05) is 25.1 Å². The summed E-state index contributed by atoms with van der Waals surface area (Å²) in [6, 6.07) is 8.02. The number of rotatable bonds is 12. The normalized spacial score (nSPS) is 13.5. The molecule has 0 radical (unpaired) electrons. The van der Waals surface area contributed by atoms with Gasteiger partial charge < -0.3 is 9.47 Å². The van der Waals surface area contributed by atoms with Gasteiger partial charge in [-0.05, 0) is 43.7 Å². The van der Waals surface area contributed by atoms with Crippen molar-refractivity contribution in [1.82, 2.24) is 0 Å². The van der Waals surface area contributed by atoms with Crippen molar-refractivity contribution in [3.63, 3.8) is 0 Å². The van der Waals surface area contributed by atoms with Crippen LogP contribution in [0.3, 0.4) is 0 Å². The van der Waals surface area contributed by atoms with Crippen LogP contribution in [0.25, 0.3) is 0 Å². The Hall–Kier alpha value is -1.51. The van der Waals surface area contributed by atoms with Gasteiger partial charge in [-0.3, -0.25) is 4.79 Å². The Morgan fingerprint density at radius 2 is 1.84 bits per heavy atom. The van der Waals surface area contributed by atoms with Gasteiger partial charge in [0.25, 0.3) is 0 Å². The number of esters is 1. The van der Waals surface area contributed by atoms with E-state index in [2.05, 4.69) is 26.8 Å². The number of methoxy groups -OCH3 is 1. The number of carbonyl (C=O) groups excluding carboxylic acids is 1. The fraction of sp³-hybridized carbons (Fsp3) is 0.682. The molecular weight excluding hydrogens is 312 g/mol. The van der Waals surface area contributed by atoms with Crippen LogP contribution >= 0.6 is 0 Å². The van der Waals surface area contributed by atoms with E-state index in [1.54, 1.807) is 7.11 Å². The van der Waals surface area contributed by atoms with Gasteiger partial charge in [0, 0.05) is 0 Å². The molecule has 3 nitrogen and oxygen atoms in total. The topological polar surface area (TPSA) is 35.5 Å². The standard InChI is InChI=1S/C22H36O3/c1-6-8-9-12-15-22(16-18(3)4,21(23)25-7-2)17-19-13-10-11-14-20(19)24-5/h10-11,13-14,18H,6-9,12,15-17H2,1-5H3. The van der Waals surface area contributed by atoms with Crippen LogP contribution in [-0.4, -0.2) is 19.7 Å². The first-order chi connectivity index (χ1) is 12.0. The molecule has 0 saturated carbocycles. The molecule has 1 atom stereocenters. The predicted molar refractivity (Wildman–Crippen MR) is 104 cm³/mol. The quantitative estimate of drug-likeness (QED) is 0.353. The molecule has 0 bridgehead atoms. The summed E-state index contributed by atoms with van der Waals surface area (Å²) >= 11 is 0. The van der Waals surface area contributed by atoms with E-state index in [0.717, 1.165) is 30.6 Å². The molecule has 0 aliphatic heterocycles. The highest BCUT2D eigenvalue weighted by Gasteiger charge is 2.40. The molecule has 0 spiro atoms. The van der Waals surface area contributed by atoms with Gasteiger partial charge in [0.2, 0.25) is 0 Å². The molecule has 25 heavy (non-hydrogen) atoms. The highest BCUT2D eigenvalue weighted by atomic mass is 16.5. The smallest absolute Gasteiger partial charge is 0.312 e. The Kier molecular flexibility index (Phi) is 9.62. The zero-order valence-corrected chi connectivity index (χ0v) is 16.8. The van der Waals surface area contributed by atoms with E-state index in [-0.39, 0.29) is 5.97 Å². The zero-order valence-electron chi connectivity index (χ0n) is 16.8. The Morgan fingerprint density at radius 3 is 2.44 bits per heavy atom. The van der Waals surface area contributed by atoms with E-state index in [0.29, 0.717) is 18.9 Å². The minimum absolute atomic E-state index is 0.0499. The van der Waals surface area contributed by atoms with Crippen LogP contribution in [0.15, 0.2) is 24.3 Å². The summed E-state index contributed by atoms with van der Waals surface area (Å²) in [7, 11) is 1.69. The second-order valence-electron chi connectivity index (χ2n) is 7.40. The van der Waals surface area contributed by atoms with Crippen LogP contribution in [0.1, 0.15) is 71.8 Å². The van der Waals surface area contributed by atoms with E-state index < -0.39 is 5.41 Å². The van der Waals surface area contributed by atoms with Gasteiger partial charge >= 0.3 is 5.97 Å². The number of unbranched alkanes of at least 4 members (excludes halogenated alkanes) is 3. The molecule has 142 valence electrons. The van der Waals surface area contributed by atoms with Crippen molar-refractivity contribution in [1.29, 1.82) is 0 Å². The summed E-state index contributed by atoms with van der Waals surface area (Å²) < 4.78 is 11.1. The third kappa shape index (κ3) is 6.72. The summed E-state index contributed by atoms with van der Waals surface area (Å²) in [4.78, 5) is 13.0. The minimum Gasteiger partial charge on any atom is -0.496 e. The van der Waals surface area contributed by atoms with Crippen molar-refractivity contribution in [2.75, 3.05) is 13.7 Å². The second-order valence-corrected chi connectivity index (χ2v) is 7.40. The molecule has 0 aliphatic rings. The lowest BCUT2D eigenvalue weighted by molar-refractivity contribution is -0.157. The lowest BCUT2D eigenvalue weighted by Crippen LogP contribution is -2.37. The highest BCUT2D eigenvalue weighted by Crippen LogP contribution is 2.39. The number of para-hydroxylation sites is 1. The maximum Gasteiger partial charge on any atom is 0.312 e. The van der Waals surface area contributed by atoms with Crippen molar-refractivity contribution < 1.29 is 14.3 Å². The van der Waals surface area contributed by atoms with E-state index in [9.17, 15) is 4.79 Å². The van der Waals surface area contributed by atoms with Crippen molar-refractivity contribution in [2.45, 2.75) is 72.6 Å². The number of hydrogen-bond acceptors (Lipinski definition) is 3. The van der Waals surface area contributed by atoms with Crippen LogP contribution < -0.4 is 4.74 Å². The molecule has 0 amide bonds. The van der Waals surface area contributed by atoms with Crippen LogP contribution in [0.4, 0.5) is 0 Å². The number of hydrogen-bond donors (Lipinski definition) is 0. The first-order valence-corrected chi connectivity index (χ1v) is 9.78. The van der Waals surface area contributed by atoms with Crippen molar-refractivity contribution in [2.24, 2.45) is 11.3 Å². The van der Waals surface area contributed by atoms with Crippen molar-refractivity contribution >= 4 is 5.97 Å². The van der Waals surface area contributed by atoms with Gasteiger partial charge in [-0.2, -0.15) is 0 Å². The Bertz CT molecular complexity index is 510. The number of benzene rings is 1. The van der Waals surface area contributed by atoms with Gasteiger partial charge in [0.1, 0.15) is 5.75 Å². The molecule has 1 rings (SSSR count). The second kappa shape index (κ2) is 11.2. The molecule has 0 heterocycles. The van der Waals surface area contributed by atoms with Gasteiger partial charge in [-0.15, -0.1) is 0 Å². The average molecular weight is 349 g/mol. The van der Waals surface area contributed by atoms with Gasteiger partial charge in [-0.1, -0.05) is 64.7 Å². The lowest BCUT2D eigenvalue weighted by Gasteiger charge is -2.34. The van der Waals surface area contributed by atoms with Crippen LogP contribution in [0.2, 0.25) is 0 Å². The molecule has 1 aromatic carbocycles. The summed E-state index contributed by atoms with van der Waals surface area (Å²) in [5.74, 6) is 1.24. The molecule has 0 aromatic heterocycles. The summed E-state index contributed by atoms with van der Waals surface area (Å²) in [6.45, 7) is 8.89. The number of ether oxygens (including phenoxy) is 2. The van der Waals surface area contributed by atoms with E-state index >= 15 is 0 Å². The Balaban J connectivity index is 3.13. The summed E-state index contributed by atoms with van der Waals surface area (Å²) in [5, 5.41) is 0. The van der Waals surface area contributed by atoms with E-state index in [4.69, 9.17) is 9.47 Å². The maximum atomic E-state index is 13.0. The first-order valence-electron chi connectivity index (χ1n) is 9.78. The lowest BCUT2D eigenvalue weighted by atomic mass is 9.71. The molecule has 3 heteroatoms. The molecule has 0 aliphatic carbocycles. The third-order valence-electron chi connectivity index (χ3n) is 4.74. The monoisotopic (exact) mass is 348 g/mol.